The van der Waals surface area contributed by atoms with Crippen molar-refractivity contribution < 1.29 is 0 Å². The first-order valence-corrected chi connectivity index (χ1v) is 7.43. The van der Waals surface area contributed by atoms with E-state index in [1.165, 1.54) is 0 Å². The summed E-state index contributed by atoms with van der Waals surface area (Å²) in [5.41, 5.74) is 0.947. The molecule has 4 nitrogen and oxygen atoms in total. The summed E-state index contributed by atoms with van der Waals surface area (Å²) in [5.74, 6) is 0. The van der Waals surface area contributed by atoms with E-state index in [-0.39, 0.29) is 0 Å². The Kier molecular flexibility index (Phi) is 4.20. The Morgan fingerprint density at radius 1 is 1.35 bits per heavy atom. The highest BCUT2D eigenvalue weighted by Gasteiger charge is 2.15. The minimum Gasteiger partial charge on any atom is -0.308 e. The Balaban J connectivity index is 2.20. The molecule has 2 rings (SSSR count). The lowest BCUT2D eigenvalue weighted by atomic mass is 10.2. The summed E-state index contributed by atoms with van der Waals surface area (Å²) in [6.45, 7) is 7.21. The average Bonchev–Trinajstić information content (AvgIpc) is 2.94. The topological polar surface area (TPSA) is 50.7 Å². The molecule has 17 heavy (non-hydrogen) atoms. The molecule has 0 saturated carbocycles. The predicted octanol–water partition coefficient (Wildman–Crippen LogP) is 3.03. The number of hydrogen-bond acceptors (Lipinski definition) is 6. The Morgan fingerprint density at radius 3 is 2.76 bits per heavy atom. The lowest BCUT2D eigenvalue weighted by Gasteiger charge is -2.10. The molecule has 0 radical (unpaired) electrons. The van der Waals surface area contributed by atoms with E-state index in [9.17, 15) is 0 Å². The van der Waals surface area contributed by atoms with Gasteiger partial charge in [0.15, 0.2) is 5.01 Å². The molecule has 0 bridgehead atoms. The summed E-state index contributed by atoms with van der Waals surface area (Å²) in [6, 6.07) is 0.311. The number of rotatable bonds is 5. The van der Waals surface area contributed by atoms with Gasteiger partial charge in [0.25, 0.3) is 0 Å². The molecule has 0 spiro atoms. The van der Waals surface area contributed by atoms with Gasteiger partial charge in [0, 0.05) is 5.38 Å². The van der Waals surface area contributed by atoms with Crippen LogP contribution in [0.25, 0.3) is 10.7 Å². The second-order valence-corrected chi connectivity index (χ2v) is 5.79. The van der Waals surface area contributed by atoms with Crippen LogP contribution in [0.3, 0.4) is 0 Å². The van der Waals surface area contributed by atoms with E-state index in [1.807, 2.05) is 12.3 Å². The molecule has 0 aliphatic carbocycles. The van der Waals surface area contributed by atoms with Gasteiger partial charge in [-0.25, -0.2) is 4.98 Å². The van der Waals surface area contributed by atoms with Gasteiger partial charge in [-0.1, -0.05) is 25.2 Å². The van der Waals surface area contributed by atoms with Crippen molar-refractivity contribution in [1.82, 2.24) is 20.5 Å². The second-order valence-electron chi connectivity index (χ2n) is 3.72. The van der Waals surface area contributed by atoms with E-state index in [0.717, 1.165) is 33.7 Å². The molecular formula is C11H16N4S2. The van der Waals surface area contributed by atoms with Crippen molar-refractivity contribution in [2.24, 2.45) is 0 Å². The summed E-state index contributed by atoms with van der Waals surface area (Å²) < 4.78 is 0. The Morgan fingerprint density at radius 2 is 2.18 bits per heavy atom. The van der Waals surface area contributed by atoms with Crippen molar-refractivity contribution in [2.45, 2.75) is 33.2 Å². The normalized spacial score (nSPS) is 12.9. The fourth-order valence-corrected chi connectivity index (χ4v) is 3.23. The van der Waals surface area contributed by atoms with E-state index in [1.54, 1.807) is 22.7 Å². The van der Waals surface area contributed by atoms with Crippen LogP contribution in [0.2, 0.25) is 0 Å². The molecule has 0 aromatic carbocycles. The first-order chi connectivity index (χ1) is 8.24. The molecule has 0 fully saturated rings. The number of nitrogens with one attached hydrogen (secondary N) is 1. The van der Waals surface area contributed by atoms with Gasteiger partial charge in [0.2, 0.25) is 0 Å². The van der Waals surface area contributed by atoms with Crippen molar-refractivity contribution >= 4 is 22.7 Å². The van der Waals surface area contributed by atoms with Crippen LogP contribution in [-0.2, 0) is 0 Å². The average molecular weight is 268 g/mol. The summed E-state index contributed by atoms with van der Waals surface area (Å²) in [6.07, 6.45) is 1.03. The first kappa shape index (κ1) is 12.6. The van der Waals surface area contributed by atoms with Crippen LogP contribution < -0.4 is 5.32 Å². The van der Waals surface area contributed by atoms with Crippen molar-refractivity contribution in [2.75, 3.05) is 6.54 Å². The minimum absolute atomic E-state index is 0.311. The van der Waals surface area contributed by atoms with Crippen LogP contribution in [0.15, 0.2) is 5.38 Å². The number of hydrogen-bond donors (Lipinski definition) is 1. The van der Waals surface area contributed by atoms with Crippen molar-refractivity contribution in [1.29, 1.82) is 0 Å². The van der Waals surface area contributed by atoms with Gasteiger partial charge in [-0.15, -0.1) is 21.5 Å². The van der Waals surface area contributed by atoms with Crippen LogP contribution in [0.1, 0.15) is 36.3 Å². The van der Waals surface area contributed by atoms with Gasteiger partial charge in [0.1, 0.15) is 10.7 Å². The van der Waals surface area contributed by atoms with Crippen LogP contribution >= 0.6 is 22.7 Å². The maximum Gasteiger partial charge on any atom is 0.167 e. The molecule has 0 aliphatic heterocycles. The van der Waals surface area contributed by atoms with Crippen LogP contribution in [0, 0.1) is 6.92 Å². The zero-order chi connectivity index (χ0) is 12.3. The quantitative estimate of drug-likeness (QED) is 0.905. The molecule has 0 saturated heterocycles. The molecule has 1 unspecified atom stereocenters. The molecule has 0 amide bonds. The first-order valence-electron chi connectivity index (χ1n) is 5.73. The smallest absolute Gasteiger partial charge is 0.167 e. The number of thiazole rings is 1. The molecule has 6 heteroatoms. The van der Waals surface area contributed by atoms with Gasteiger partial charge >= 0.3 is 0 Å². The highest BCUT2D eigenvalue weighted by molar-refractivity contribution is 7.15. The van der Waals surface area contributed by atoms with Gasteiger partial charge in [0.05, 0.1) is 11.0 Å². The number of aryl methyl sites for hydroxylation is 1. The molecule has 2 aromatic heterocycles. The van der Waals surface area contributed by atoms with E-state index in [2.05, 4.69) is 34.3 Å². The molecule has 1 atom stereocenters. The Bertz CT molecular complexity index is 477. The maximum atomic E-state index is 4.43. The van der Waals surface area contributed by atoms with Crippen LogP contribution in [0.4, 0.5) is 0 Å². The van der Waals surface area contributed by atoms with Gasteiger partial charge < -0.3 is 5.32 Å². The SMILES string of the molecule is CCNC(CC)c1nnc(-c2csc(C)n2)s1. The van der Waals surface area contributed by atoms with Crippen molar-refractivity contribution in [3.8, 4) is 10.7 Å². The standard InChI is InChI=1S/C11H16N4S2/c1-4-8(12-5-2)10-14-15-11(17-10)9-6-16-7(3)13-9/h6,8,12H,4-5H2,1-3H3. The third kappa shape index (κ3) is 2.88. The largest absolute Gasteiger partial charge is 0.308 e. The summed E-state index contributed by atoms with van der Waals surface area (Å²) >= 11 is 3.28. The van der Waals surface area contributed by atoms with Gasteiger partial charge in [-0.2, -0.15) is 0 Å². The fraction of sp³-hybridized carbons (Fsp3) is 0.545. The van der Waals surface area contributed by atoms with Crippen molar-refractivity contribution in [3.63, 3.8) is 0 Å². The fourth-order valence-electron chi connectivity index (χ4n) is 1.59. The number of aromatic nitrogens is 3. The van der Waals surface area contributed by atoms with E-state index in [4.69, 9.17) is 0 Å². The van der Waals surface area contributed by atoms with Crippen LogP contribution in [-0.4, -0.2) is 21.7 Å². The number of nitrogens with zero attached hydrogens (tertiary/aromatic N) is 3. The monoisotopic (exact) mass is 268 g/mol. The summed E-state index contributed by atoms with van der Waals surface area (Å²) in [5, 5.41) is 17.0. The second kappa shape index (κ2) is 5.66. The Hall–Kier alpha value is -0.850. The maximum absolute atomic E-state index is 4.43. The predicted molar refractivity (Wildman–Crippen MR) is 72.5 cm³/mol. The van der Waals surface area contributed by atoms with E-state index in [0.29, 0.717) is 6.04 Å². The minimum atomic E-state index is 0.311. The van der Waals surface area contributed by atoms with Crippen LogP contribution in [0.5, 0.6) is 0 Å². The van der Waals surface area contributed by atoms with Gasteiger partial charge in [-0.3, -0.25) is 0 Å². The third-order valence-electron chi connectivity index (χ3n) is 2.44. The molecule has 2 aromatic rings. The summed E-state index contributed by atoms with van der Waals surface area (Å²) in [4.78, 5) is 4.43. The zero-order valence-electron chi connectivity index (χ0n) is 10.2. The third-order valence-corrected chi connectivity index (χ3v) is 4.27. The lowest BCUT2D eigenvalue weighted by Crippen LogP contribution is -2.19. The van der Waals surface area contributed by atoms with Gasteiger partial charge in [-0.05, 0) is 19.9 Å². The molecule has 1 N–H and O–H groups in total. The zero-order valence-corrected chi connectivity index (χ0v) is 11.9. The molecule has 2 heterocycles. The lowest BCUT2D eigenvalue weighted by molar-refractivity contribution is 0.531. The Labute approximate surface area is 109 Å². The molecule has 0 aliphatic rings. The summed E-state index contributed by atoms with van der Waals surface area (Å²) in [7, 11) is 0. The highest BCUT2D eigenvalue weighted by Crippen LogP contribution is 2.28. The highest BCUT2D eigenvalue weighted by atomic mass is 32.1. The van der Waals surface area contributed by atoms with E-state index < -0.39 is 0 Å². The van der Waals surface area contributed by atoms with Crippen molar-refractivity contribution in [3.05, 3.63) is 15.4 Å². The molecule has 92 valence electrons. The van der Waals surface area contributed by atoms with E-state index >= 15 is 0 Å². The molecular weight excluding hydrogens is 252 g/mol.